The number of amides is 1. The first-order chi connectivity index (χ1) is 9.93. The minimum atomic E-state index is -0.754. The molecule has 0 saturated carbocycles. The molecule has 1 aromatic rings. The fraction of sp³-hybridized carbons (Fsp3) is 0.375. The van der Waals surface area contributed by atoms with Crippen LogP contribution >= 0.6 is 11.6 Å². The smallest absolute Gasteiger partial charge is 0.329 e. The van der Waals surface area contributed by atoms with E-state index in [-0.39, 0.29) is 18.4 Å². The van der Waals surface area contributed by atoms with E-state index in [1.165, 1.54) is 11.0 Å². The van der Waals surface area contributed by atoms with E-state index in [9.17, 15) is 9.59 Å². The summed E-state index contributed by atoms with van der Waals surface area (Å²) in [7, 11) is 0. The molecule has 0 aromatic heterocycles. The Kier molecular flexibility index (Phi) is 6.43. The summed E-state index contributed by atoms with van der Waals surface area (Å²) >= 11 is 5.69. The topological polar surface area (TPSA) is 46.6 Å². The summed E-state index contributed by atoms with van der Waals surface area (Å²) in [5, 5.41) is 0. The van der Waals surface area contributed by atoms with Crippen LogP contribution in [0, 0.1) is 13.8 Å². The van der Waals surface area contributed by atoms with E-state index in [2.05, 4.69) is 6.58 Å². The van der Waals surface area contributed by atoms with Crippen LogP contribution in [0.2, 0.25) is 0 Å². The quantitative estimate of drug-likeness (QED) is 0.461. The maximum atomic E-state index is 12.2. The number of carbonyl (C=O) groups is 2. The molecule has 0 saturated heterocycles. The average molecular weight is 310 g/mol. The van der Waals surface area contributed by atoms with Crippen molar-refractivity contribution in [1.29, 1.82) is 0 Å². The third kappa shape index (κ3) is 4.08. The lowest BCUT2D eigenvalue weighted by molar-refractivity contribution is -0.144. The summed E-state index contributed by atoms with van der Waals surface area (Å²) in [6.07, 6.45) is 1.48. The van der Waals surface area contributed by atoms with Gasteiger partial charge in [0.15, 0.2) is 0 Å². The van der Waals surface area contributed by atoms with Gasteiger partial charge in [-0.25, -0.2) is 4.79 Å². The van der Waals surface area contributed by atoms with Gasteiger partial charge in [0.25, 0.3) is 0 Å². The van der Waals surface area contributed by atoms with E-state index >= 15 is 0 Å². The third-order valence-corrected chi connectivity index (χ3v) is 3.36. The molecule has 0 aliphatic carbocycles. The standard InChI is InChI=1S/C16H20ClNO3/c1-5-9-21-16(20)13(4)18(14(19)10-17)15-11(2)7-6-8-12(15)3/h5-8,13H,1,9-10H2,2-4H3/t13-/m0/s1. The minimum absolute atomic E-state index is 0.110. The van der Waals surface area contributed by atoms with Gasteiger partial charge < -0.3 is 4.74 Å². The van der Waals surface area contributed by atoms with Gasteiger partial charge in [0.05, 0.1) is 5.69 Å². The van der Waals surface area contributed by atoms with Crippen LogP contribution in [-0.2, 0) is 14.3 Å². The molecule has 0 fully saturated rings. The van der Waals surface area contributed by atoms with Crippen molar-refractivity contribution in [3.63, 3.8) is 0 Å². The molecule has 0 radical (unpaired) electrons. The first-order valence-corrected chi connectivity index (χ1v) is 7.19. The molecule has 0 spiro atoms. The number of halogens is 1. The van der Waals surface area contributed by atoms with Crippen molar-refractivity contribution < 1.29 is 14.3 Å². The minimum Gasteiger partial charge on any atom is -0.460 e. The SMILES string of the molecule is C=CCOC(=O)[C@H](C)N(C(=O)CCl)c1c(C)cccc1C. The van der Waals surface area contributed by atoms with Gasteiger partial charge in [-0.15, -0.1) is 11.6 Å². The molecule has 0 bridgehead atoms. The molecule has 1 aromatic carbocycles. The van der Waals surface area contributed by atoms with Gasteiger partial charge in [-0.05, 0) is 31.9 Å². The van der Waals surface area contributed by atoms with E-state index in [1.807, 2.05) is 32.0 Å². The Labute approximate surface area is 130 Å². The Morgan fingerprint density at radius 1 is 1.38 bits per heavy atom. The number of benzene rings is 1. The Morgan fingerprint density at radius 2 is 1.95 bits per heavy atom. The van der Waals surface area contributed by atoms with E-state index in [4.69, 9.17) is 16.3 Å². The van der Waals surface area contributed by atoms with E-state index in [0.29, 0.717) is 5.69 Å². The zero-order valence-corrected chi connectivity index (χ0v) is 13.3. The predicted molar refractivity (Wildman–Crippen MR) is 84.7 cm³/mol. The lowest BCUT2D eigenvalue weighted by atomic mass is 10.1. The van der Waals surface area contributed by atoms with Crippen LogP contribution in [0.4, 0.5) is 5.69 Å². The van der Waals surface area contributed by atoms with Gasteiger partial charge >= 0.3 is 5.97 Å². The highest BCUT2D eigenvalue weighted by atomic mass is 35.5. The molecule has 0 aliphatic rings. The van der Waals surface area contributed by atoms with Crippen molar-refractivity contribution in [1.82, 2.24) is 0 Å². The third-order valence-electron chi connectivity index (χ3n) is 3.14. The van der Waals surface area contributed by atoms with Gasteiger partial charge in [-0.1, -0.05) is 30.9 Å². The normalized spacial score (nSPS) is 11.6. The predicted octanol–water partition coefficient (Wildman–Crippen LogP) is 2.99. The van der Waals surface area contributed by atoms with Crippen LogP contribution < -0.4 is 4.90 Å². The number of hydrogen-bond acceptors (Lipinski definition) is 3. The molecule has 21 heavy (non-hydrogen) atoms. The van der Waals surface area contributed by atoms with Crippen molar-refractivity contribution in [2.24, 2.45) is 0 Å². The lowest BCUT2D eigenvalue weighted by Crippen LogP contribution is -2.45. The van der Waals surface area contributed by atoms with Crippen LogP contribution in [0.1, 0.15) is 18.1 Å². The van der Waals surface area contributed by atoms with Gasteiger partial charge in [-0.2, -0.15) is 0 Å². The molecule has 0 N–H and O–H groups in total. The van der Waals surface area contributed by atoms with E-state index in [0.717, 1.165) is 11.1 Å². The van der Waals surface area contributed by atoms with Crippen LogP contribution in [0.5, 0.6) is 0 Å². The summed E-state index contributed by atoms with van der Waals surface area (Å²) < 4.78 is 5.04. The van der Waals surface area contributed by atoms with Crippen LogP contribution in [0.3, 0.4) is 0 Å². The number of aryl methyl sites for hydroxylation is 2. The Bertz CT molecular complexity index is 522. The molecule has 1 amide bonds. The fourth-order valence-electron chi connectivity index (χ4n) is 2.15. The van der Waals surface area contributed by atoms with Crippen molar-refractivity contribution in [3.8, 4) is 0 Å². The van der Waals surface area contributed by atoms with Crippen molar-refractivity contribution >= 4 is 29.2 Å². The second-order valence-corrected chi connectivity index (χ2v) is 5.00. The Hall–Kier alpha value is -1.81. The Morgan fingerprint density at radius 3 is 2.43 bits per heavy atom. The average Bonchev–Trinajstić information content (AvgIpc) is 2.47. The maximum absolute atomic E-state index is 12.2. The molecule has 5 heteroatoms. The highest BCUT2D eigenvalue weighted by Gasteiger charge is 2.29. The fourth-order valence-corrected chi connectivity index (χ4v) is 2.28. The lowest BCUT2D eigenvalue weighted by Gasteiger charge is -2.30. The number of anilines is 1. The second kappa shape index (κ2) is 7.84. The molecule has 0 aliphatic heterocycles. The summed E-state index contributed by atoms with van der Waals surface area (Å²) in [5.74, 6) is -1.03. The number of esters is 1. The van der Waals surface area contributed by atoms with Gasteiger partial charge in [0, 0.05) is 0 Å². The number of hydrogen-bond donors (Lipinski definition) is 0. The number of rotatable bonds is 6. The molecular formula is C16H20ClNO3. The Balaban J connectivity index is 3.20. The highest BCUT2D eigenvalue weighted by molar-refractivity contribution is 6.29. The zero-order chi connectivity index (χ0) is 16.0. The summed E-state index contributed by atoms with van der Waals surface area (Å²) in [5.41, 5.74) is 2.50. The van der Waals surface area contributed by atoms with Crippen molar-refractivity contribution in [2.75, 3.05) is 17.4 Å². The largest absolute Gasteiger partial charge is 0.460 e. The molecular weight excluding hydrogens is 290 g/mol. The molecule has 114 valence electrons. The number of para-hydroxylation sites is 1. The van der Waals surface area contributed by atoms with Gasteiger partial charge in [-0.3, -0.25) is 9.69 Å². The number of carbonyl (C=O) groups excluding carboxylic acids is 2. The van der Waals surface area contributed by atoms with Crippen LogP contribution in [-0.4, -0.2) is 30.4 Å². The molecule has 1 atom stereocenters. The number of nitrogens with zero attached hydrogens (tertiary/aromatic N) is 1. The molecule has 0 heterocycles. The summed E-state index contributed by atoms with van der Waals surface area (Å²) in [6.45, 7) is 9.01. The number of ether oxygens (including phenoxy) is 1. The van der Waals surface area contributed by atoms with Gasteiger partial charge in [0.1, 0.15) is 18.5 Å². The van der Waals surface area contributed by atoms with Crippen LogP contribution in [0.25, 0.3) is 0 Å². The first-order valence-electron chi connectivity index (χ1n) is 6.65. The summed E-state index contributed by atoms with van der Waals surface area (Å²) in [6, 6.07) is 4.92. The van der Waals surface area contributed by atoms with Crippen LogP contribution in [0.15, 0.2) is 30.9 Å². The van der Waals surface area contributed by atoms with E-state index < -0.39 is 12.0 Å². The maximum Gasteiger partial charge on any atom is 0.329 e. The second-order valence-electron chi connectivity index (χ2n) is 4.73. The molecule has 0 unspecified atom stereocenters. The van der Waals surface area contributed by atoms with Crippen molar-refractivity contribution in [2.45, 2.75) is 26.8 Å². The molecule has 1 rings (SSSR count). The number of alkyl halides is 1. The van der Waals surface area contributed by atoms with Crippen molar-refractivity contribution in [3.05, 3.63) is 42.0 Å². The molecule has 4 nitrogen and oxygen atoms in total. The van der Waals surface area contributed by atoms with E-state index in [1.54, 1.807) is 6.92 Å². The highest BCUT2D eigenvalue weighted by Crippen LogP contribution is 2.27. The van der Waals surface area contributed by atoms with Gasteiger partial charge in [0.2, 0.25) is 5.91 Å². The monoisotopic (exact) mass is 309 g/mol. The first kappa shape index (κ1) is 17.2. The summed E-state index contributed by atoms with van der Waals surface area (Å²) in [4.78, 5) is 25.7. The zero-order valence-electron chi connectivity index (χ0n) is 12.6.